The number of carbonyl (C=O) groups is 9. The van der Waals surface area contributed by atoms with E-state index < -0.39 is 35.3 Å². The molecular formula is C72H110N12O17. The van der Waals surface area contributed by atoms with Crippen molar-refractivity contribution in [3.8, 4) is 28.4 Å². The SMILES string of the molecule is COc1cccc(OC)c1-c1cc(C(=O)NC2(C(=O)O)C3CC4CC(C3)CC2C4)nn1-c1ccc(C(=O)N(CCCNC(=O)CCC(=O)NCCCCCCOCCOCCCNC(=O)CN2CCN(CC(=O)O)CCN(CC(=O)O)CCN(CC(=O)O)CC2)CCCN(C)C)cc1C(C)C. The molecule has 0 unspecified atom stereocenters. The number of carbonyl (C=O) groups excluding carboxylic acids is 5. The molecule has 1 aromatic heterocycles. The van der Waals surface area contributed by atoms with Gasteiger partial charge in [-0.1, -0.05) is 32.8 Å². The van der Waals surface area contributed by atoms with Gasteiger partial charge in [-0.15, -0.1) is 0 Å². The van der Waals surface area contributed by atoms with E-state index in [9.17, 15) is 63.6 Å². The Balaban J connectivity index is 0.789. The number of aromatic nitrogens is 2. The van der Waals surface area contributed by atoms with E-state index in [1.165, 1.54) is 0 Å². The van der Waals surface area contributed by atoms with E-state index in [4.69, 9.17) is 24.0 Å². The quantitative estimate of drug-likeness (QED) is 0.0371. The molecule has 29 heteroatoms. The van der Waals surface area contributed by atoms with Gasteiger partial charge in [0.1, 0.15) is 17.0 Å². The average molecular weight is 1420 g/mol. The predicted octanol–water partition coefficient (Wildman–Crippen LogP) is 4.06. The summed E-state index contributed by atoms with van der Waals surface area (Å²) in [6.45, 7) is 10.4. The van der Waals surface area contributed by atoms with Crippen molar-refractivity contribution in [2.45, 2.75) is 115 Å². The smallest absolute Gasteiger partial charge is 0.330 e. The predicted molar refractivity (Wildman–Crippen MR) is 376 cm³/mol. The lowest BCUT2D eigenvalue weighted by atomic mass is 9.48. The zero-order chi connectivity index (χ0) is 73.0. The van der Waals surface area contributed by atoms with Gasteiger partial charge in [0.25, 0.3) is 11.8 Å². The molecule has 3 aromatic rings. The lowest BCUT2D eigenvalue weighted by molar-refractivity contribution is -0.163. The summed E-state index contributed by atoms with van der Waals surface area (Å²) in [4.78, 5) is 127. The molecule has 8 rings (SSSR count). The molecule has 5 aliphatic rings. The number of amides is 5. The van der Waals surface area contributed by atoms with Crippen LogP contribution in [0.4, 0.5) is 0 Å². The highest BCUT2D eigenvalue weighted by Gasteiger charge is 2.62. The molecule has 4 bridgehead atoms. The minimum absolute atomic E-state index is 0.0247. The first-order chi connectivity index (χ1) is 48.5. The van der Waals surface area contributed by atoms with Gasteiger partial charge < -0.3 is 70.4 Å². The Hall–Kier alpha value is -7.80. The molecule has 8 N–H and O–H groups in total. The van der Waals surface area contributed by atoms with E-state index in [0.29, 0.717) is 164 Å². The minimum atomic E-state index is -1.40. The Labute approximate surface area is 593 Å². The Morgan fingerprint density at radius 3 is 1.55 bits per heavy atom. The number of nitrogens with zero attached hydrogens (tertiary/aromatic N) is 8. The lowest BCUT2D eigenvalue weighted by Crippen LogP contribution is -2.70. The van der Waals surface area contributed by atoms with Gasteiger partial charge >= 0.3 is 23.9 Å². The molecule has 0 radical (unpaired) electrons. The number of rotatable bonds is 42. The van der Waals surface area contributed by atoms with E-state index in [-0.39, 0.29) is 99.2 Å². The molecule has 0 atom stereocenters. The van der Waals surface area contributed by atoms with Crippen LogP contribution in [0.2, 0.25) is 0 Å². The van der Waals surface area contributed by atoms with Crippen molar-refractivity contribution in [2.24, 2.45) is 23.7 Å². The highest BCUT2D eigenvalue weighted by Crippen LogP contribution is 2.58. The summed E-state index contributed by atoms with van der Waals surface area (Å²) < 4.78 is 24.8. The molecule has 101 heavy (non-hydrogen) atoms. The van der Waals surface area contributed by atoms with Crippen LogP contribution in [0.3, 0.4) is 0 Å². The maximum atomic E-state index is 14.6. The summed E-state index contributed by atoms with van der Waals surface area (Å²) in [6, 6.07) is 12.5. The third kappa shape index (κ3) is 24.7. The zero-order valence-corrected chi connectivity index (χ0v) is 60.1. The van der Waals surface area contributed by atoms with Crippen molar-refractivity contribution in [1.82, 2.24) is 60.4 Å². The van der Waals surface area contributed by atoms with Crippen molar-refractivity contribution < 1.29 is 82.5 Å². The third-order valence-corrected chi connectivity index (χ3v) is 19.7. The molecule has 4 aliphatic carbocycles. The number of methoxy groups -OCH3 is 2. The number of ether oxygens (including phenoxy) is 4. The summed E-state index contributed by atoms with van der Waals surface area (Å²) in [6.07, 6.45) is 9.46. The molecule has 1 saturated heterocycles. The Morgan fingerprint density at radius 2 is 1.05 bits per heavy atom. The Morgan fingerprint density at radius 1 is 0.564 bits per heavy atom. The van der Waals surface area contributed by atoms with Gasteiger partial charge in [0.15, 0.2) is 5.69 Å². The van der Waals surface area contributed by atoms with Crippen molar-refractivity contribution >= 4 is 53.4 Å². The first kappa shape index (κ1) is 80.5. The number of carboxylic acid groups (broad SMARTS) is 4. The van der Waals surface area contributed by atoms with Crippen LogP contribution in [-0.4, -0.2) is 291 Å². The highest BCUT2D eigenvalue weighted by atomic mass is 16.5. The van der Waals surface area contributed by atoms with Crippen LogP contribution < -0.4 is 30.7 Å². The van der Waals surface area contributed by atoms with Crippen molar-refractivity contribution in [3.05, 3.63) is 59.3 Å². The number of nitrogens with one attached hydrogen (secondary N) is 4. The number of hydrogen-bond acceptors (Lipinski definition) is 19. The summed E-state index contributed by atoms with van der Waals surface area (Å²) in [5, 5.41) is 56.0. The van der Waals surface area contributed by atoms with E-state index in [1.807, 2.05) is 45.0 Å². The lowest BCUT2D eigenvalue weighted by Gasteiger charge is -2.59. The molecule has 2 aromatic carbocycles. The fourth-order valence-electron chi connectivity index (χ4n) is 14.7. The van der Waals surface area contributed by atoms with E-state index >= 15 is 0 Å². The van der Waals surface area contributed by atoms with Crippen LogP contribution in [0, 0.1) is 23.7 Å². The van der Waals surface area contributed by atoms with Crippen LogP contribution in [0.1, 0.15) is 136 Å². The number of carboxylic acids is 4. The van der Waals surface area contributed by atoms with Gasteiger partial charge in [-0.3, -0.25) is 58.0 Å². The molecule has 1 aliphatic heterocycles. The summed E-state index contributed by atoms with van der Waals surface area (Å²) in [7, 11) is 7.05. The molecule has 5 fully saturated rings. The second-order valence-corrected chi connectivity index (χ2v) is 27.9. The van der Waals surface area contributed by atoms with Crippen LogP contribution in [-0.2, 0) is 43.0 Å². The second kappa shape index (κ2) is 40.7. The zero-order valence-electron chi connectivity index (χ0n) is 60.1. The van der Waals surface area contributed by atoms with Crippen LogP contribution >= 0.6 is 0 Å². The second-order valence-electron chi connectivity index (χ2n) is 27.9. The van der Waals surface area contributed by atoms with E-state index in [0.717, 1.165) is 69.9 Å². The first-order valence-corrected chi connectivity index (χ1v) is 35.9. The number of hydrogen-bond donors (Lipinski definition) is 8. The van der Waals surface area contributed by atoms with Crippen molar-refractivity contribution in [1.29, 1.82) is 0 Å². The number of benzene rings is 2. The monoisotopic (exact) mass is 1410 g/mol. The number of unbranched alkanes of at least 4 members (excludes halogenated alkanes) is 3. The molecule has 560 valence electrons. The van der Waals surface area contributed by atoms with Crippen LogP contribution in [0.25, 0.3) is 16.9 Å². The molecular weight excluding hydrogens is 1300 g/mol. The molecule has 5 amide bonds. The summed E-state index contributed by atoms with van der Waals surface area (Å²) in [5.41, 5.74) is 1.48. The normalized spacial score (nSPS) is 19.8. The van der Waals surface area contributed by atoms with Gasteiger partial charge in [0.2, 0.25) is 17.7 Å². The average Bonchev–Trinajstić information content (AvgIpc) is 1.33. The van der Waals surface area contributed by atoms with Gasteiger partial charge in [0, 0.05) is 117 Å². The van der Waals surface area contributed by atoms with Gasteiger partial charge in [-0.25, -0.2) is 9.48 Å². The van der Waals surface area contributed by atoms with Crippen LogP contribution in [0.15, 0.2) is 42.5 Å². The maximum Gasteiger partial charge on any atom is 0.330 e. The van der Waals surface area contributed by atoms with E-state index in [2.05, 4.69) is 26.2 Å². The fraction of sp³-hybridized carbons (Fsp3) is 0.667. The molecule has 4 saturated carbocycles. The van der Waals surface area contributed by atoms with Crippen molar-refractivity contribution in [3.63, 3.8) is 0 Å². The summed E-state index contributed by atoms with van der Waals surface area (Å²) in [5.74, 6) is -4.10. The number of aliphatic carboxylic acids is 4. The van der Waals surface area contributed by atoms with Gasteiger partial charge in [0.05, 0.1) is 70.6 Å². The van der Waals surface area contributed by atoms with Crippen molar-refractivity contribution in [2.75, 3.05) is 173 Å². The molecule has 0 spiro atoms. The third-order valence-electron chi connectivity index (χ3n) is 19.7. The standard InChI is InChI=1S/C72H110N12O17/c1-50(2)56-44-53(17-18-58(56)84-59(68-60(98-5)15-11-16-61(68)99-6)45-57(77-84)69(94)76-72(71(96)97)54-40-51-39-52(42-54)43-55(72)41-51)70(95)83(26-14-24-78(3)4)25-12-22-74-63(86)20-19-62(85)73-21-9-7-8-10-35-100-37-38-101-36-13-23-75-64(87)46-79-27-29-80(47-65(88)89)31-33-82(49-67(92)93)34-32-81(30-28-79)48-66(90)91/h11,15-18,44-45,50-52,54-55H,7-10,12-14,19-43,46-49H2,1-6H3,(H,73,85)(H,74,86)(H,75,87)(H,76,94)(H,88,89)(H,90,91)(H,92,93)(H,96,97). The summed E-state index contributed by atoms with van der Waals surface area (Å²) >= 11 is 0. The largest absolute Gasteiger partial charge is 0.496 e. The fourth-order valence-corrected chi connectivity index (χ4v) is 14.7. The topological polar surface area (TPSA) is 357 Å². The first-order valence-electron chi connectivity index (χ1n) is 35.9. The molecule has 29 nitrogen and oxygen atoms in total. The highest BCUT2D eigenvalue weighted by molar-refractivity contribution is 5.99. The van der Waals surface area contributed by atoms with Gasteiger partial charge in [-0.05, 0) is 156 Å². The maximum absolute atomic E-state index is 14.6. The Bertz CT molecular complexity index is 3150. The van der Waals surface area contributed by atoms with Crippen LogP contribution in [0.5, 0.6) is 11.5 Å². The van der Waals surface area contributed by atoms with E-state index in [1.54, 1.807) is 68.8 Å². The molecule has 2 heterocycles. The minimum Gasteiger partial charge on any atom is -0.496 e. The Kier molecular flexibility index (Phi) is 32.5. The van der Waals surface area contributed by atoms with Gasteiger partial charge in [-0.2, -0.15) is 5.10 Å².